The topological polar surface area (TPSA) is 67.2 Å². The third kappa shape index (κ3) is 2.28. The summed E-state index contributed by atoms with van der Waals surface area (Å²) in [5.74, 6) is -0.246. The molecule has 1 amide bonds. The quantitative estimate of drug-likeness (QED) is 0.773. The van der Waals surface area contributed by atoms with Crippen molar-refractivity contribution >= 4 is 11.6 Å². The van der Waals surface area contributed by atoms with Gasteiger partial charge in [0, 0.05) is 13.2 Å². The highest BCUT2D eigenvalue weighted by Gasteiger charge is 2.11. The Labute approximate surface area is 98.7 Å². The molecule has 17 heavy (non-hydrogen) atoms. The second kappa shape index (κ2) is 4.29. The molecule has 88 valence electrons. The molecule has 0 saturated heterocycles. The van der Waals surface area contributed by atoms with Gasteiger partial charge in [0.2, 0.25) is 0 Å². The lowest BCUT2D eigenvalue weighted by Gasteiger charge is -2.07. The predicted molar refractivity (Wildman–Crippen MR) is 64.0 cm³/mol. The van der Waals surface area contributed by atoms with E-state index in [1.807, 2.05) is 13.0 Å². The Morgan fingerprint density at radius 1 is 1.41 bits per heavy atom. The Balaban J connectivity index is 2.22. The second-order valence-corrected chi connectivity index (χ2v) is 3.81. The minimum absolute atomic E-state index is 0.0560. The number of benzene rings is 1. The van der Waals surface area contributed by atoms with E-state index < -0.39 is 0 Å². The van der Waals surface area contributed by atoms with Gasteiger partial charge in [0.1, 0.15) is 11.4 Å². The molecule has 5 heteroatoms. The van der Waals surface area contributed by atoms with E-state index in [0.717, 1.165) is 5.56 Å². The zero-order chi connectivity index (χ0) is 12.4. The first kappa shape index (κ1) is 11.2. The molecule has 0 atom stereocenters. The fourth-order valence-electron chi connectivity index (χ4n) is 1.53. The number of aromatic nitrogens is 2. The summed E-state index contributed by atoms with van der Waals surface area (Å²) in [5, 5.41) is 16.2. The van der Waals surface area contributed by atoms with E-state index in [4.69, 9.17) is 0 Å². The first-order valence-corrected chi connectivity index (χ1v) is 5.17. The van der Waals surface area contributed by atoms with Crippen LogP contribution in [0.25, 0.3) is 0 Å². The largest absolute Gasteiger partial charge is 0.506 e. The van der Waals surface area contributed by atoms with Gasteiger partial charge < -0.3 is 10.4 Å². The van der Waals surface area contributed by atoms with Gasteiger partial charge in [-0.2, -0.15) is 5.10 Å². The fourth-order valence-corrected chi connectivity index (χ4v) is 1.53. The maximum Gasteiger partial charge on any atom is 0.274 e. The highest BCUT2D eigenvalue weighted by molar-refractivity contribution is 6.03. The standard InChI is InChI=1S/C12H13N3O2/c1-8-3-4-9(11(16)7-8)14-12(17)10-5-6-13-15(10)2/h3-7,16H,1-2H3,(H,14,17). The lowest BCUT2D eigenvalue weighted by molar-refractivity contribution is 0.101. The molecule has 0 aliphatic carbocycles. The summed E-state index contributed by atoms with van der Waals surface area (Å²) in [5.41, 5.74) is 1.76. The maximum absolute atomic E-state index is 11.9. The van der Waals surface area contributed by atoms with Gasteiger partial charge in [0.15, 0.2) is 0 Å². The number of aromatic hydroxyl groups is 1. The van der Waals surface area contributed by atoms with Gasteiger partial charge in [0.05, 0.1) is 5.69 Å². The first-order chi connectivity index (χ1) is 8.08. The normalized spacial score (nSPS) is 10.2. The maximum atomic E-state index is 11.9. The number of carbonyl (C=O) groups excluding carboxylic acids is 1. The van der Waals surface area contributed by atoms with Gasteiger partial charge in [-0.1, -0.05) is 6.07 Å². The number of amides is 1. The zero-order valence-corrected chi connectivity index (χ0v) is 9.64. The second-order valence-electron chi connectivity index (χ2n) is 3.81. The van der Waals surface area contributed by atoms with Crippen molar-refractivity contribution in [2.24, 2.45) is 7.05 Å². The summed E-state index contributed by atoms with van der Waals surface area (Å²) < 4.78 is 1.47. The van der Waals surface area contributed by atoms with E-state index in [2.05, 4.69) is 10.4 Å². The Hall–Kier alpha value is -2.30. The van der Waals surface area contributed by atoms with Gasteiger partial charge in [-0.25, -0.2) is 0 Å². The van der Waals surface area contributed by atoms with Crippen LogP contribution in [0.5, 0.6) is 5.75 Å². The Morgan fingerprint density at radius 3 is 2.76 bits per heavy atom. The van der Waals surface area contributed by atoms with Crippen LogP contribution >= 0.6 is 0 Å². The molecule has 0 fully saturated rings. The predicted octanol–water partition coefficient (Wildman–Crippen LogP) is 1.69. The van der Waals surface area contributed by atoms with E-state index in [0.29, 0.717) is 11.4 Å². The summed E-state index contributed by atoms with van der Waals surface area (Å²) in [4.78, 5) is 11.9. The van der Waals surface area contributed by atoms with E-state index >= 15 is 0 Å². The van der Waals surface area contributed by atoms with Gasteiger partial charge in [-0.15, -0.1) is 0 Å². The number of phenols is 1. The minimum atomic E-state index is -0.302. The zero-order valence-electron chi connectivity index (χ0n) is 9.64. The summed E-state index contributed by atoms with van der Waals surface area (Å²) in [6.07, 6.45) is 1.55. The number of phenolic OH excluding ortho intramolecular Hbond substituents is 1. The molecule has 5 nitrogen and oxygen atoms in total. The smallest absolute Gasteiger partial charge is 0.274 e. The molecule has 2 N–H and O–H groups in total. The van der Waals surface area contributed by atoms with Gasteiger partial charge in [0.25, 0.3) is 5.91 Å². The van der Waals surface area contributed by atoms with Crippen molar-refractivity contribution < 1.29 is 9.90 Å². The van der Waals surface area contributed by atoms with E-state index in [1.165, 1.54) is 4.68 Å². The lowest BCUT2D eigenvalue weighted by Crippen LogP contribution is -2.16. The van der Waals surface area contributed by atoms with Gasteiger partial charge >= 0.3 is 0 Å². The van der Waals surface area contributed by atoms with E-state index in [1.54, 1.807) is 31.4 Å². The van der Waals surface area contributed by atoms with Gasteiger partial charge in [-0.05, 0) is 30.7 Å². The molecule has 0 radical (unpaired) electrons. The molecule has 0 aliphatic rings. The van der Waals surface area contributed by atoms with Gasteiger partial charge in [-0.3, -0.25) is 9.48 Å². The first-order valence-electron chi connectivity index (χ1n) is 5.17. The molecular weight excluding hydrogens is 218 g/mol. The Kier molecular flexibility index (Phi) is 2.82. The van der Waals surface area contributed by atoms with Crippen LogP contribution in [0.1, 0.15) is 16.1 Å². The molecule has 0 saturated carbocycles. The van der Waals surface area contributed by atoms with Crippen LogP contribution in [-0.2, 0) is 7.05 Å². The monoisotopic (exact) mass is 231 g/mol. The SMILES string of the molecule is Cc1ccc(NC(=O)c2ccnn2C)c(O)c1. The van der Waals surface area contributed by atoms with Crippen molar-refractivity contribution in [2.75, 3.05) is 5.32 Å². The molecular formula is C12H13N3O2. The van der Waals surface area contributed by atoms with Crippen molar-refractivity contribution in [3.63, 3.8) is 0 Å². The number of hydrogen-bond donors (Lipinski definition) is 2. The number of anilines is 1. The van der Waals surface area contributed by atoms with Crippen LogP contribution in [0.3, 0.4) is 0 Å². The summed E-state index contributed by atoms with van der Waals surface area (Å²) in [6, 6.07) is 6.69. The number of nitrogens with one attached hydrogen (secondary N) is 1. The number of carbonyl (C=O) groups is 1. The van der Waals surface area contributed by atoms with Crippen molar-refractivity contribution in [2.45, 2.75) is 6.92 Å². The highest BCUT2D eigenvalue weighted by Crippen LogP contribution is 2.24. The number of aryl methyl sites for hydroxylation is 2. The van der Waals surface area contributed by atoms with E-state index in [-0.39, 0.29) is 11.7 Å². The average Bonchev–Trinajstić information content (AvgIpc) is 2.68. The minimum Gasteiger partial charge on any atom is -0.506 e. The third-order valence-electron chi connectivity index (χ3n) is 2.45. The lowest BCUT2D eigenvalue weighted by atomic mass is 10.2. The summed E-state index contributed by atoms with van der Waals surface area (Å²) >= 11 is 0. The van der Waals surface area contributed by atoms with Crippen LogP contribution in [0.4, 0.5) is 5.69 Å². The van der Waals surface area contributed by atoms with Crippen molar-refractivity contribution in [3.8, 4) is 5.75 Å². The average molecular weight is 231 g/mol. The van der Waals surface area contributed by atoms with Crippen molar-refractivity contribution in [1.82, 2.24) is 9.78 Å². The summed E-state index contributed by atoms with van der Waals surface area (Å²) in [6.45, 7) is 1.87. The van der Waals surface area contributed by atoms with Crippen LogP contribution in [0.15, 0.2) is 30.5 Å². The molecule has 0 spiro atoms. The number of hydrogen-bond acceptors (Lipinski definition) is 3. The summed E-state index contributed by atoms with van der Waals surface area (Å²) in [7, 11) is 1.68. The number of nitrogens with zero attached hydrogens (tertiary/aromatic N) is 2. The fraction of sp³-hybridized carbons (Fsp3) is 0.167. The molecule has 0 aliphatic heterocycles. The Morgan fingerprint density at radius 2 is 2.18 bits per heavy atom. The molecule has 2 aromatic rings. The van der Waals surface area contributed by atoms with Crippen LogP contribution in [0, 0.1) is 6.92 Å². The molecule has 2 rings (SSSR count). The molecule has 0 bridgehead atoms. The van der Waals surface area contributed by atoms with E-state index in [9.17, 15) is 9.90 Å². The van der Waals surface area contributed by atoms with Crippen LogP contribution in [0.2, 0.25) is 0 Å². The molecule has 0 unspecified atom stereocenters. The number of rotatable bonds is 2. The molecule has 1 heterocycles. The van der Waals surface area contributed by atoms with Crippen LogP contribution in [-0.4, -0.2) is 20.8 Å². The molecule has 1 aromatic carbocycles. The van der Waals surface area contributed by atoms with Crippen molar-refractivity contribution in [3.05, 3.63) is 41.7 Å². The third-order valence-corrected chi connectivity index (χ3v) is 2.45. The highest BCUT2D eigenvalue weighted by atomic mass is 16.3. The molecule has 1 aromatic heterocycles. The van der Waals surface area contributed by atoms with Crippen LogP contribution < -0.4 is 5.32 Å². The Bertz CT molecular complexity index is 561. The van der Waals surface area contributed by atoms with Crippen molar-refractivity contribution in [1.29, 1.82) is 0 Å².